The maximum absolute atomic E-state index is 9.39. The van der Waals surface area contributed by atoms with Gasteiger partial charge in [-0.1, -0.05) is 13.3 Å². The molecule has 0 aliphatic heterocycles. The Morgan fingerprint density at radius 3 is 1.78 bits per heavy atom. The molecule has 0 heterocycles. The van der Waals surface area contributed by atoms with E-state index in [0.717, 1.165) is 12.8 Å². The molecule has 0 saturated heterocycles. The van der Waals surface area contributed by atoms with E-state index in [1.54, 1.807) is 0 Å². The molecule has 0 bridgehead atoms. The van der Waals surface area contributed by atoms with Gasteiger partial charge >= 0.3 is 0 Å². The largest absolute Gasteiger partial charge is 0.366 e. The molecule has 2 N–H and O–H groups in total. The Morgan fingerprint density at radius 1 is 0.944 bits per heavy atom. The summed E-state index contributed by atoms with van der Waals surface area (Å²) in [6, 6.07) is 0.664. The lowest BCUT2D eigenvalue weighted by Gasteiger charge is -2.43. The lowest BCUT2D eigenvalue weighted by Crippen LogP contribution is -2.55. The summed E-state index contributed by atoms with van der Waals surface area (Å²) < 4.78 is 1.17. The van der Waals surface area contributed by atoms with Gasteiger partial charge in [-0.05, 0) is 47.0 Å². The molecule has 110 valence electrons. The van der Waals surface area contributed by atoms with Gasteiger partial charge in [-0.25, -0.2) is 0 Å². The molecule has 1 unspecified atom stereocenters. The standard InChI is InChI=1S/C15H34NO2/c1-6-11-14(12-10-13-15(5,17)18)16(7-2,8-3)9-4/h14,17-18H,6-13H2,1-5H3/q+1. The van der Waals surface area contributed by atoms with E-state index in [0.29, 0.717) is 12.5 Å². The summed E-state index contributed by atoms with van der Waals surface area (Å²) in [4.78, 5) is 0. The van der Waals surface area contributed by atoms with E-state index >= 15 is 0 Å². The molecule has 0 fully saturated rings. The third-order valence-electron chi connectivity index (χ3n) is 4.47. The van der Waals surface area contributed by atoms with E-state index in [4.69, 9.17) is 0 Å². The van der Waals surface area contributed by atoms with Crippen LogP contribution in [0.3, 0.4) is 0 Å². The highest BCUT2D eigenvalue weighted by atomic mass is 16.5. The number of quaternary nitrogens is 1. The summed E-state index contributed by atoms with van der Waals surface area (Å²) in [5, 5.41) is 18.8. The van der Waals surface area contributed by atoms with E-state index < -0.39 is 5.79 Å². The highest BCUT2D eigenvalue weighted by Crippen LogP contribution is 2.24. The van der Waals surface area contributed by atoms with Crippen LogP contribution in [0.25, 0.3) is 0 Å². The Hall–Kier alpha value is -0.120. The van der Waals surface area contributed by atoms with Crippen molar-refractivity contribution < 1.29 is 14.7 Å². The van der Waals surface area contributed by atoms with E-state index in [1.165, 1.54) is 43.9 Å². The zero-order chi connectivity index (χ0) is 14.2. The van der Waals surface area contributed by atoms with Crippen molar-refractivity contribution in [2.75, 3.05) is 19.6 Å². The molecule has 1 atom stereocenters. The molecule has 0 spiro atoms. The maximum Gasteiger partial charge on any atom is 0.159 e. The van der Waals surface area contributed by atoms with Crippen LogP contribution in [0.2, 0.25) is 0 Å². The van der Waals surface area contributed by atoms with Gasteiger partial charge in [0.25, 0.3) is 0 Å². The number of aliphatic hydroxyl groups is 2. The minimum Gasteiger partial charge on any atom is -0.366 e. The van der Waals surface area contributed by atoms with Crippen LogP contribution in [0.1, 0.15) is 66.7 Å². The average molecular weight is 260 g/mol. The quantitative estimate of drug-likeness (QED) is 0.468. The Labute approximate surface area is 113 Å². The molecule has 0 saturated carbocycles. The molecule has 0 aromatic carbocycles. The van der Waals surface area contributed by atoms with Gasteiger partial charge in [-0.3, -0.25) is 0 Å². The smallest absolute Gasteiger partial charge is 0.159 e. The molecule has 0 aliphatic rings. The van der Waals surface area contributed by atoms with E-state index in [-0.39, 0.29) is 0 Å². The molecule has 0 aromatic heterocycles. The molecule has 0 aliphatic carbocycles. The second-order valence-electron chi connectivity index (χ2n) is 5.72. The van der Waals surface area contributed by atoms with Crippen molar-refractivity contribution in [3.63, 3.8) is 0 Å². The molecule has 0 rings (SSSR count). The summed E-state index contributed by atoms with van der Waals surface area (Å²) in [7, 11) is 0. The minimum atomic E-state index is -1.50. The van der Waals surface area contributed by atoms with Crippen LogP contribution in [0.4, 0.5) is 0 Å². The molecule has 18 heavy (non-hydrogen) atoms. The van der Waals surface area contributed by atoms with Crippen molar-refractivity contribution in [1.29, 1.82) is 0 Å². The molecule has 3 heteroatoms. The summed E-state index contributed by atoms with van der Waals surface area (Å²) >= 11 is 0. The summed E-state index contributed by atoms with van der Waals surface area (Å²) in [5.74, 6) is -1.50. The number of hydrogen-bond acceptors (Lipinski definition) is 2. The zero-order valence-corrected chi connectivity index (χ0v) is 13.1. The highest BCUT2D eigenvalue weighted by molar-refractivity contribution is 4.64. The van der Waals surface area contributed by atoms with E-state index in [1.807, 2.05) is 0 Å². The second-order valence-corrected chi connectivity index (χ2v) is 5.72. The second kappa shape index (κ2) is 8.13. The third-order valence-corrected chi connectivity index (χ3v) is 4.47. The Bertz CT molecular complexity index is 199. The van der Waals surface area contributed by atoms with Crippen molar-refractivity contribution in [3.05, 3.63) is 0 Å². The first-order valence-electron chi connectivity index (χ1n) is 7.65. The van der Waals surface area contributed by atoms with Crippen molar-refractivity contribution in [3.8, 4) is 0 Å². The van der Waals surface area contributed by atoms with E-state index in [2.05, 4.69) is 27.7 Å². The summed E-state index contributed by atoms with van der Waals surface area (Å²) in [5.41, 5.74) is 0. The highest BCUT2D eigenvalue weighted by Gasteiger charge is 2.31. The Morgan fingerprint density at radius 2 is 1.44 bits per heavy atom. The fourth-order valence-electron chi connectivity index (χ4n) is 3.14. The van der Waals surface area contributed by atoms with Gasteiger partial charge in [-0.15, -0.1) is 0 Å². The molecule has 0 radical (unpaired) electrons. The average Bonchev–Trinajstić information content (AvgIpc) is 2.30. The molecule has 3 nitrogen and oxygen atoms in total. The first kappa shape index (κ1) is 17.9. The van der Waals surface area contributed by atoms with Crippen LogP contribution in [0, 0.1) is 0 Å². The van der Waals surface area contributed by atoms with Gasteiger partial charge < -0.3 is 14.7 Å². The topological polar surface area (TPSA) is 40.5 Å². The Balaban J connectivity index is 4.53. The van der Waals surface area contributed by atoms with Crippen molar-refractivity contribution in [1.82, 2.24) is 0 Å². The predicted octanol–water partition coefficient (Wildman–Crippen LogP) is 2.90. The molecular formula is C15H34NO2+. The van der Waals surface area contributed by atoms with Crippen LogP contribution < -0.4 is 0 Å². The van der Waals surface area contributed by atoms with E-state index in [9.17, 15) is 10.2 Å². The van der Waals surface area contributed by atoms with Crippen LogP contribution in [-0.4, -0.2) is 46.2 Å². The van der Waals surface area contributed by atoms with Crippen molar-refractivity contribution in [2.24, 2.45) is 0 Å². The monoisotopic (exact) mass is 260 g/mol. The van der Waals surface area contributed by atoms with Gasteiger partial charge in [0.1, 0.15) is 0 Å². The lowest BCUT2D eigenvalue weighted by molar-refractivity contribution is -0.947. The first-order valence-corrected chi connectivity index (χ1v) is 7.65. The summed E-state index contributed by atoms with van der Waals surface area (Å²) in [6.45, 7) is 14.1. The normalized spacial score (nSPS) is 14.8. The van der Waals surface area contributed by atoms with Crippen LogP contribution in [0.15, 0.2) is 0 Å². The zero-order valence-electron chi connectivity index (χ0n) is 13.1. The maximum atomic E-state index is 9.39. The predicted molar refractivity (Wildman–Crippen MR) is 77.3 cm³/mol. The lowest BCUT2D eigenvalue weighted by atomic mass is 9.98. The number of hydrogen-bond donors (Lipinski definition) is 2. The van der Waals surface area contributed by atoms with Gasteiger partial charge in [0, 0.05) is 6.42 Å². The van der Waals surface area contributed by atoms with Gasteiger partial charge in [0.15, 0.2) is 5.79 Å². The van der Waals surface area contributed by atoms with Gasteiger partial charge in [-0.2, -0.15) is 0 Å². The van der Waals surface area contributed by atoms with Gasteiger partial charge in [0.05, 0.1) is 25.7 Å². The van der Waals surface area contributed by atoms with Crippen LogP contribution in [-0.2, 0) is 0 Å². The SMILES string of the molecule is CCCC(CCCC(C)(O)O)[N+](CC)(CC)CC. The molecule has 0 amide bonds. The van der Waals surface area contributed by atoms with Crippen LogP contribution in [0.5, 0.6) is 0 Å². The Kier molecular flexibility index (Phi) is 8.08. The number of nitrogens with zero attached hydrogens (tertiary/aromatic N) is 1. The van der Waals surface area contributed by atoms with Crippen LogP contribution >= 0.6 is 0 Å². The minimum absolute atomic E-state index is 0.477. The van der Waals surface area contributed by atoms with Crippen molar-refractivity contribution in [2.45, 2.75) is 78.6 Å². The number of rotatable bonds is 10. The third kappa shape index (κ3) is 5.68. The molecule has 0 aromatic rings. The fraction of sp³-hybridized carbons (Fsp3) is 1.00. The summed E-state index contributed by atoms with van der Waals surface area (Å²) in [6.07, 6.45) is 4.92. The molecular weight excluding hydrogens is 226 g/mol. The van der Waals surface area contributed by atoms with Crippen molar-refractivity contribution >= 4 is 0 Å². The fourth-order valence-corrected chi connectivity index (χ4v) is 3.14. The first-order chi connectivity index (χ1) is 8.35. The van der Waals surface area contributed by atoms with Gasteiger partial charge in [0.2, 0.25) is 0 Å².